The Morgan fingerprint density at radius 1 is 1.32 bits per heavy atom. The number of nitrogens with one attached hydrogen (secondary N) is 1. The van der Waals surface area contributed by atoms with Crippen molar-refractivity contribution >= 4 is 0 Å². The number of H-pyrrole nitrogens is 1. The van der Waals surface area contributed by atoms with Gasteiger partial charge in [0, 0.05) is 17.9 Å². The van der Waals surface area contributed by atoms with Crippen LogP contribution in [0.3, 0.4) is 0 Å². The molecule has 4 heteroatoms. The van der Waals surface area contributed by atoms with Gasteiger partial charge in [0.25, 0.3) is 5.56 Å². The maximum Gasteiger partial charge on any atom is 0.266 e. The van der Waals surface area contributed by atoms with Gasteiger partial charge in [0.15, 0.2) is 0 Å². The summed E-state index contributed by atoms with van der Waals surface area (Å²) < 4.78 is 5.66. The van der Waals surface area contributed by atoms with Gasteiger partial charge in [-0.1, -0.05) is 24.3 Å². The van der Waals surface area contributed by atoms with Gasteiger partial charge in [0.05, 0.1) is 6.61 Å². The predicted molar refractivity (Wildman–Crippen MR) is 84.3 cm³/mol. The molecule has 0 radical (unpaired) electrons. The highest BCUT2D eigenvalue weighted by atomic mass is 16.5. The van der Waals surface area contributed by atoms with Crippen LogP contribution in [0.4, 0.5) is 0 Å². The minimum absolute atomic E-state index is 0.156. The molecule has 0 spiro atoms. The number of hydrogen-bond donors (Lipinski definition) is 1. The van der Waals surface area contributed by atoms with Crippen molar-refractivity contribution in [1.29, 1.82) is 5.26 Å². The van der Waals surface area contributed by atoms with Crippen LogP contribution in [0.2, 0.25) is 0 Å². The van der Waals surface area contributed by atoms with Crippen molar-refractivity contribution in [2.75, 3.05) is 6.61 Å². The minimum atomic E-state index is -0.339. The normalized spacial score (nSPS) is 13.8. The summed E-state index contributed by atoms with van der Waals surface area (Å²) in [5.41, 5.74) is 3.21. The number of nitrogens with zero attached hydrogens (tertiary/aromatic N) is 1. The minimum Gasteiger partial charge on any atom is -0.376 e. The Morgan fingerprint density at radius 3 is 2.68 bits per heavy atom. The van der Waals surface area contributed by atoms with Crippen molar-refractivity contribution in [3.63, 3.8) is 0 Å². The Kier molecular flexibility index (Phi) is 4.08. The summed E-state index contributed by atoms with van der Waals surface area (Å²) in [5.74, 6) is 0.761. The van der Waals surface area contributed by atoms with Gasteiger partial charge in [0.2, 0.25) is 0 Å². The van der Waals surface area contributed by atoms with Crippen molar-refractivity contribution in [1.82, 2.24) is 4.98 Å². The summed E-state index contributed by atoms with van der Waals surface area (Å²) in [4.78, 5) is 14.5. The van der Waals surface area contributed by atoms with E-state index in [0.717, 1.165) is 29.3 Å². The van der Waals surface area contributed by atoms with E-state index in [0.29, 0.717) is 12.2 Å². The second-order valence-electron chi connectivity index (χ2n) is 5.84. The molecule has 22 heavy (non-hydrogen) atoms. The van der Waals surface area contributed by atoms with Crippen LogP contribution in [0.15, 0.2) is 35.1 Å². The molecule has 0 bridgehead atoms. The highest BCUT2D eigenvalue weighted by Gasteiger charge is 2.21. The van der Waals surface area contributed by atoms with Crippen LogP contribution in [-0.2, 0) is 11.3 Å². The van der Waals surface area contributed by atoms with Gasteiger partial charge in [-0.2, -0.15) is 5.26 Å². The molecule has 0 aliphatic heterocycles. The van der Waals surface area contributed by atoms with E-state index in [1.54, 1.807) is 0 Å². The van der Waals surface area contributed by atoms with Crippen LogP contribution in [0.1, 0.15) is 29.7 Å². The average molecular weight is 294 g/mol. The van der Waals surface area contributed by atoms with Crippen molar-refractivity contribution in [3.05, 3.63) is 57.5 Å². The summed E-state index contributed by atoms with van der Waals surface area (Å²) in [7, 11) is 0. The molecule has 1 aromatic carbocycles. The van der Waals surface area contributed by atoms with Crippen molar-refractivity contribution in [3.8, 4) is 17.2 Å². The molecule has 1 aromatic heterocycles. The number of benzene rings is 1. The molecule has 4 nitrogen and oxygen atoms in total. The SMILES string of the molecule is Cc1cc(-c2ccc(COCC3CC3)cc2)c(C#N)c(=O)[nH]1. The number of rotatable bonds is 5. The highest BCUT2D eigenvalue weighted by molar-refractivity contribution is 5.70. The second-order valence-corrected chi connectivity index (χ2v) is 5.84. The molecule has 0 unspecified atom stereocenters. The molecule has 2 aromatic rings. The molecule has 1 aliphatic carbocycles. The first-order chi connectivity index (χ1) is 10.7. The lowest BCUT2D eigenvalue weighted by Crippen LogP contribution is -2.12. The van der Waals surface area contributed by atoms with E-state index in [1.807, 2.05) is 43.3 Å². The third-order valence-corrected chi connectivity index (χ3v) is 3.86. The van der Waals surface area contributed by atoms with Crippen LogP contribution in [0.5, 0.6) is 0 Å². The number of pyridine rings is 1. The third kappa shape index (κ3) is 3.26. The molecule has 1 N–H and O–H groups in total. The van der Waals surface area contributed by atoms with E-state index in [2.05, 4.69) is 4.98 Å². The highest BCUT2D eigenvalue weighted by Crippen LogP contribution is 2.29. The van der Waals surface area contributed by atoms with Gasteiger partial charge >= 0.3 is 0 Å². The zero-order chi connectivity index (χ0) is 15.5. The standard InChI is InChI=1S/C18H18N2O2/c1-12-8-16(17(9-19)18(21)20-12)15-6-4-14(5-7-15)11-22-10-13-2-3-13/h4-8,13H,2-3,10-11H2,1H3,(H,20,21). The van der Waals surface area contributed by atoms with E-state index in [4.69, 9.17) is 4.74 Å². The van der Waals surface area contributed by atoms with Gasteiger partial charge in [-0.15, -0.1) is 0 Å². The summed E-state index contributed by atoms with van der Waals surface area (Å²) in [5, 5.41) is 9.19. The third-order valence-electron chi connectivity index (χ3n) is 3.86. The maximum atomic E-state index is 11.8. The van der Waals surface area contributed by atoms with E-state index in [9.17, 15) is 10.1 Å². The van der Waals surface area contributed by atoms with E-state index in [-0.39, 0.29) is 11.1 Å². The van der Waals surface area contributed by atoms with E-state index in [1.165, 1.54) is 12.8 Å². The molecule has 1 aliphatic rings. The molecule has 3 rings (SSSR count). The molecule has 0 amide bonds. The predicted octanol–water partition coefficient (Wildman–Crippen LogP) is 3.15. The number of hydrogen-bond acceptors (Lipinski definition) is 3. The van der Waals surface area contributed by atoms with Crippen molar-refractivity contribution in [2.45, 2.75) is 26.4 Å². The molecule has 0 saturated heterocycles. The zero-order valence-corrected chi connectivity index (χ0v) is 12.6. The van der Waals surface area contributed by atoms with Crippen molar-refractivity contribution < 1.29 is 4.74 Å². The average Bonchev–Trinajstić information content (AvgIpc) is 3.31. The smallest absolute Gasteiger partial charge is 0.266 e. The van der Waals surface area contributed by atoms with Gasteiger partial charge in [-0.25, -0.2) is 0 Å². The fraction of sp³-hybridized carbons (Fsp3) is 0.333. The van der Waals surface area contributed by atoms with Crippen LogP contribution >= 0.6 is 0 Å². The Hall–Kier alpha value is -2.38. The van der Waals surface area contributed by atoms with Gasteiger partial charge in [0.1, 0.15) is 11.6 Å². The van der Waals surface area contributed by atoms with Gasteiger partial charge < -0.3 is 9.72 Å². The van der Waals surface area contributed by atoms with Crippen LogP contribution in [0, 0.1) is 24.2 Å². The molecular weight excluding hydrogens is 276 g/mol. The lowest BCUT2D eigenvalue weighted by molar-refractivity contribution is 0.111. The molecule has 0 atom stereocenters. The molecule has 1 fully saturated rings. The Morgan fingerprint density at radius 2 is 2.05 bits per heavy atom. The van der Waals surface area contributed by atoms with Gasteiger partial charge in [-0.3, -0.25) is 4.79 Å². The van der Waals surface area contributed by atoms with Crippen molar-refractivity contribution in [2.24, 2.45) is 5.92 Å². The number of aromatic nitrogens is 1. The lowest BCUT2D eigenvalue weighted by Gasteiger charge is -2.07. The molecule has 1 heterocycles. The maximum absolute atomic E-state index is 11.8. The molecule has 1 saturated carbocycles. The second kappa shape index (κ2) is 6.17. The Balaban J connectivity index is 1.80. The first-order valence-electron chi connectivity index (χ1n) is 7.48. The van der Waals surface area contributed by atoms with Gasteiger partial charge in [-0.05, 0) is 42.9 Å². The fourth-order valence-corrected chi connectivity index (χ4v) is 2.44. The van der Waals surface area contributed by atoms with E-state index >= 15 is 0 Å². The first kappa shape index (κ1) is 14.6. The summed E-state index contributed by atoms with van der Waals surface area (Å²) in [6.07, 6.45) is 2.58. The fourth-order valence-electron chi connectivity index (χ4n) is 2.44. The number of aromatic amines is 1. The first-order valence-corrected chi connectivity index (χ1v) is 7.48. The monoisotopic (exact) mass is 294 g/mol. The van der Waals surface area contributed by atoms with Crippen LogP contribution < -0.4 is 5.56 Å². The number of ether oxygens (including phenoxy) is 1. The van der Waals surface area contributed by atoms with E-state index < -0.39 is 0 Å². The summed E-state index contributed by atoms with van der Waals surface area (Å²) in [6, 6.07) is 11.7. The molecule has 112 valence electrons. The largest absolute Gasteiger partial charge is 0.376 e. The molecular formula is C18H18N2O2. The lowest BCUT2D eigenvalue weighted by atomic mass is 10.00. The zero-order valence-electron chi connectivity index (χ0n) is 12.6. The van der Waals surface area contributed by atoms with Crippen LogP contribution in [0.25, 0.3) is 11.1 Å². The summed E-state index contributed by atoms with van der Waals surface area (Å²) >= 11 is 0. The van der Waals surface area contributed by atoms with Crippen LogP contribution in [-0.4, -0.2) is 11.6 Å². The summed E-state index contributed by atoms with van der Waals surface area (Å²) in [6.45, 7) is 3.26. The Bertz CT molecular complexity index is 765. The number of aryl methyl sites for hydroxylation is 1. The number of nitriles is 1. The quantitative estimate of drug-likeness (QED) is 0.921. The Labute approximate surface area is 129 Å². The topological polar surface area (TPSA) is 65.9 Å².